The number of hydrogen-bond acceptors (Lipinski definition) is 4. The maximum atomic E-state index is 12.2. The Kier molecular flexibility index (Phi) is 4.83. The van der Waals surface area contributed by atoms with E-state index >= 15 is 0 Å². The molecule has 2 aliphatic rings. The lowest BCUT2D eigenvalue weighted by atomic mass is 9.97. The third kappa shape index (κ3) is 3.53. The summed E-state index contributed by atoms with van der Waals surface area (Å²) in [5.41, 5.74) is 0. The lowest BCUT2D eigenvalue weighted by Gasteiger charge is -2.31. The summed E-state index contributed by atoms with van der Waals surface area (Å²) in [7, 11) is 0. The minimum absolute atomic E-state index is 0.0765. The fourth-order valence-electron chi connectivity index (χ4n) is 3.01. The molecule has 1 aromatic rings. The van der Waals surface area contributed by atoms with E-state index in [1.807, 2.05) is 24.3 Å². The SMILES string of the molecule is CCN1CCC(CNC(=O)[C@@H]2COc3ccccc3O2)CC1. The van der Waals surface area contributed by atoms with Crippen LogP contribution in [0.5, 0.6) is 11.5 Å². The zero-order valence-electron chi connectivity index (χ0n) is 13.1. The predicted octanol–water partition coefficient (Wildman–Crippen LogP) is 1.67. The first-order chi connectivity index (χ1) is 10.8. The monoisotopic (exact) mass is 304 g/mol. The quantitative estimate of drug-likeness (QED) is 0.919. The van der Waals surface area contributed by atoms with Gasteiger partial charge in [0.2, 0.25) is 6.10 Å². The Morgan fingerprint density at radius 1 is 1.27 bits per heavy atom. The summed E-state index contributed by atoms with van der Waals surface area (Å²) in [4.78, 5) is 14.7. The highest BCUT2D eigenvalue weighted by atomic mass is 16.6. The Morgan fingerprint density at radius 3 is 2.73 bits per heavy atom. The maximum absolute atomic E-state index is 12.2. The average Bonchev–Trinajstić information content (AvgIpc) is 2.59. The molecule has 5 nitrogen and oxygen atoms in total. The predicted molar refractivity (Wildman–Crippen MR) is 84.2 cm³/mol. The zero-order chi connectivity index (χ0) is 15.4. The largest absolute Gasteiger partial charge is 0.485 e. The molecule has 1 amide bonds. The van der Waals surface area contributed by atoms with Crippen molar-refractivity contribution in [2.45, 2.75) is 25.9 Å². The highest BCUT2D eigenvalue weighted by Crippen LogP contribution is 2.30. The van der Waals surface area contributed by atoms with Crippen molar-refractivity contribution in [2.24, 2.45) is 5.92 Å². The first kappa shape index (κ1) is 15.2. The van der Waals surface area contributed by atoms with Gasteiger partial charge < -0.3 is 19.7 Å². The van der Waals surface area contributed by atoms with E-state index in [9.17, 15) is 4.79 Å². The van der Waals surface area contributed by atoms with Crippen LogP contribution >= 0.6 is 0 Å². The van der Waals surface area contributed by atoms with Gasteiger partial charge in [-0.1, -0.05) is 19.1 Å². The lowest BCUT2D eigenvalue weighted by Crippen LogP contribution is -2.46. The summed E-state index contributed by atoms with van der Waals surface area (Å²) in [6, 6.07) is 7.45. The summed E-state index contributed by atoms with van der Waals surface area (Å²) < 4.78 is 11.3. The Bertz CT molecular complexity index is 512. The van der Waals surface area contributed by atoms with E-state index in [4.69, 9.17) is 9.47 Å². The van der Waals surface area contributed by atoms with Crippen LogP contribution in [0.1, 0.15) is 19.8 Å². The molecule has 2 aliphatic heterocycles. The number of benzene rings is 1. The van der Waals surface area contributed by atoms with Crippen LogP contribution in [0, 0.1) is 5.92 Å². The van der Waals surface area contributed by atoms with Crippen LogP contribution in [0.4, 0.5) is 0 Å². The summed E-state index contributed by atoms with van der Waals surface area (Å²) in [5.74, 6) is 1.85. The molecule has 0 aromatic heterocycles. The minimum Gasteiger partial charge on any atom is -0.485 e. The van der Waals surface area contributed by atoms with Gasteiger partial charge in [-0.15, -0.1) is 0 Å². The van der Waals surface area contributed by atoms with Crippen molar-refractivity contribution in [2.75, 3.05) is 32.8 Å². The standard InChI is InChI=1S/C17H24N2O3/c1-2-19-9-7-13(8-10-19)11-18-17(20)16-12-21-14-5-3-4-6-15(14)22-16/h3-6,13,16H,2,7-12H2,1H3,(H,18,20)/t16-/m0/s1. The number of carbonyl (C=O) groups is 1. The number of para-hydroxylation sites is 2. The van der Waals surface area contributed by atoms with E-state index in [1.54, 1.807) is 0 Å². The van der Waals surface area contributed by atoms with Crippen molar-refractivity contribution < 1.29 is 14.3 Å². The molecular formula is C17H24N2O3. The molecule has 1 fully saturated rings. The van der Waals surface area contributed by atoms with Crippen molar-refractivity contribution in [3.8, 4) is 11.5 Å². The molecular weight excluding hydrogens is 280 g/mol. The third-order valence-corrected chi connectivity index (χ3v) is 4.52. The Balaban J connectivity index is 1.45. The molecule has 0 unspecified atom stereocenters. The van der Waals surface area contributed by atoms with Crippen molar-refractivity contribution in [3.63, 3.8) is 0 Å². The number of piperidine rings is 1. The number of nitrogens with one attached hydrogen (secondary N) is 1. The highest BCUT2D eigenvalue weighted by molar-refractivity contribution is 5.81. The van der Waals surface area contributed by atoms with Gasteiger partial charge in [-0.3, -0.25) is 4.79 Å². The van der Waals surface area contributed by atoms with E-state index in [-0.39, 0.29) is 12.5 Å². The van der Waals surface area contributed by atoms with Crippen molar-refractivity contribution >= 4 is 5.91 Å². The van der Waals surface area contributed by atoms with Crippen molar-refractivity contribution in [1.82, 2.24) is 10.2 Å². The van der Waals surface area contributed by atoms with Crippen LogP contribution in [-0.2, 0) is 4.79 Å². The van der Waals surface area contributed by atoms with Gasteiger partial charge in [0.25, 0.3) is 5.91 Å². The summed E-state index contributed by atoms with van der Waals surface area (Å²) in [5, 5.41) is 3.02. The summed E-state index contributed by atoms with van der Waals surface area (Å²) in [6.07, 6.45) is 1.75. The molecule has 3 rings (SSSR count). The molecule has 1 N–H and O–H groups in total. The number of ether oxygens (including phenoxy) is 2. The smallest absolute Gasteiger partial charge is 0.264 e. The molecule has 0 spiro atoms. The van der Waals surface area contributed by atoms with E-state index in [0.29, 0.717) is 17.4 Å². The molecule has 5 heteroatoms. The van der Waals surface area contributed by atoms with Crippen LogP contribution < -0.4 is 14.8 Å². The van der Waals surface area contributed by atoms with Gasteiger partial charge in [-0.2, -0.15) is 0 Å². The number of rotatable bonds is 4. The van der Waals surface area contributed by atoms with Gasteiger partial charge in [-0.05, 0) is 50.5 Å². The summed E-state index contributed by atoms with van der Waals surface area (Å²) >= 11 is 0. The van der Waals surface area contributed by atoms with Gasteiger partial charge in [0.1, 0.15) is 6.61 Å². The second-order valence-electron chi connectivity index (χ2n) is 5.99. The molecule has 22 heavy (non-hydrogen) atoms. The van der Waals surface area contributed by atoms with Gasteiger partial charge in [0, 0.05) is 6.54 Å². The van der Waals surface area contributed by atoms with Crippen LogP contribution in [0.2, 0.25) is 0 Å². The van der Waals surface area contributed by atoms with Gasteiger partial charge in [0.15, 0.2) is 11.5 Å². The fraction of sp³-hybridized carbons (Fsp3) is 0.588. The second kappa shape index (κ2) is 7.01. The molecule has 0 radical (unpaired) electrons. The van der Waals surface area contributed by atoms with Gasteiger partial charge in [0.05, 0.1) is 0 Å². The van der Waals surface area contributed by atoms with Crippen LogP contribution in [0.3, 0.4) is 0 Å². The number of amides is 1. The molecule has 0 bridgehead atoms. The molecule has 1 saturated heterocycles. The number of likely N-dealkylation sites (tertiary alicyclic amines) is 1. The Labute approximate surface area is 131 Å². The molecule has 0 saturated carbocycles. The van der Waals surface area contributed by atoms with E-state index in [2.05, 4.69) is 17.1 Å². The van der Waals surface area contributed by atoms with Crippen LogP contribution in [0.15, 0.2) is 24.3 Å². The number of nitrogens with zero attached hydrogens (tertiary/aromatic N) is 1. The zero-order valence-corrected chi connectivity index (χ0v) is 13.1. The van der Waals surface area contributed by atoms with Crippen LogP contribution in [0.25, 0.3) is 0 Å². The fourth-order valence-corrected chi connectivity index (χ4v) is 3.01. The van der Waals surface area contributed by atoms with Gasteiger partial charge in [-0.25, -0.2) is 0 Å². The van der Waals surface area contributed by atoms with Crippen molar-refractivity contribution in [3.05, 3.63) is 24.3 Å². The average molecular weight is 304 g/mol. The first-order valence-electron chi connectivity index (χ1n) is 8.15. The second-order valence-corrected chi connectivity index (χ2v) is 5.99. The van der Waals surface area contributed by atoms with Crippen LogP contribution in [-0.4, -0.2) is 49.7 Å². The highest BCUT2D eigenvalue weighted by Gasteiger charge is 2.28. The first-order valence-corrected chi connectivity index (χ1v) is 8.15. The summed E-state index contributed by atoms with van der Waals surface area (Å²) in [6.45, 7) is 6.59. The third-order valence-electron chi connectivity index (χ3n) is 4.52. The molecule has 1 aromatic carbocycles. The number of hydrogen-bond donors (Lipinski definition) is 1. The molecule has 0 aliphatic carbocycles. The molecule has 1 atom stereocenters. The normalized spacial score (nSPS) is 22.3. The molecule has 2 heterocycles. The van der Waals surface area contributed by atoms with Gasteiger partial charge >= 0.3 is 0 Å². The number of carbonyl (C=O) groups excluding carboxylic acids is 1. The van der Waals surface area contributed by atoms with E-state index in [0.717, 1.165) is 39.0 Å². The topological polar surface area (TPSA) is 50.8 Å². The number of fused-ring (bicyclic) bond motifs is 1. The van der Waals surface area contributed by atoms with E-state index in [1.165, 1.54) is 0 Å². The lowest BCUT2D eigenvalue weighted by molar-refractivity contribution is -0.130. The van der Waals surface area contributed by atoms with E-state index < -0.39 is 6.10 Å². The Hall–Kier alpha value is -1.75. The molecule has 120 valence electrons. The maximum Gasteiger partial charge on any atom is 0.264 e. The van der Waals surface area contributed by atoms with Crippen molar-refractivity contribution in [1.29, 1.82) is 0 Å². The Morgan fingerprint density at radius 2 is 2.00 bits per heavy atom. The minimum atomic E-state index is -0.550.